The van der Waals surface area contributed by atoms with Crippen molar-refractivity contribution >= 4 is 22.6 Å². The molecule has 1 aliphatic rings. The summed E-state index contributed by atoms with van der Waals surface area (Å²) < 4.78 is 1.94. The number of aryl methyl sites for hydroxylation is 2. The smallest absolute Gasteiger partial charge is 0.253 e. The van der Waals surface area contributed by atoms with Gasteiger partial charge in [-0.1, -0.05) is 6.92 Å². The van der Waals surface area contributed by atoms with Gasteiger partial charge in [0, 0.05) is 73.2 Å². The molecule has 4 aromatic rings. The van der Waals surface area contributed by atoms with Crippen LogP contribution in [0.25, 0.3) is 22.0 Å². The fraction of sp³-hybridized carbons (Fsp3) is 0.438. The predicted octanol–water partition coefficient (Wildman–Crippen LogP) is 4.70. The van der Waals surface area contributed by atoms with Crippen molar-refractivity contribution in [1.29, 1.82) is 0 Å². The maximum Gasteiger partial charge on any atom is 0.253 e. The van der Waals surface area contributed by atoms with Crippen LogP contribution < -0.4 is 15.8 Å². The number of H-pyrrole nitrogens is 1. The molecule has 0 aliphatic carbocycles. The fourth-order valence-corrected chi connectivity index (χ4v) is 5.68. The molecule has 0 spiro atoms. The molecule has 1 aromatic carbocycles. The molecule has 3 aromatic heterocycles. The first kappa shape index (κ1) is 28.5. The number of fused-ring (bicyclic) bond motifs is 1. The second-order valence-electron chi connectivity index (χ2n) is 11.5. The van der Waals surface area contributed by atoms with E-state index in [-0.39, 0.29) is 24.1 Å². The van der Waals surface area contributed by atoms with Gasteiger partial charge in [-0.25, -0.2) is 4.98 Å². The first-order valence-electron chi connectivity index (χ1n) is 14.6. The van der Waals surface area contributed by atoms with Crippen molar-refractivity contribution < 1.29 is 4.79 Å². The Kier molecular flexibility index (Phi) is 8.26. The molecule has 9 heteroatoms. The lowest BCUT2D eigenvalue weighted by atomic mass is 10.00. The van der Waals surface area contributed by atoms with E-state index >= 15 is 0 Å². The van der Waals surface area contributed by atoms with Crippen LogP contribution in [0.3, 0.4) is 0 Å². The lowest BCUT2D eigenvalue weighted by Gasteiger charge is -2.37. The van der Waals surface area contributed by atoms with Crippen molar-refractivity contribution in [2.75, 3.05) is 31.1 Å². The van der Waals surface area contributed by atoms with Gasteiger partial charge in [0.05, 0.1) is 17.3 Å². The predicted molar refractivity (Wildman–Crippen MR) is 165 cm³/mol. The molecule has 1 fully saturated rings. The highest BCUT2D eigenvalue weighted by Crippen LogP contribution is 2.30. The van der Waals surface area contributed by atoms with Crippen molar-refractivity contribution in [3.63, 3.8) is 0 Å². The number of aromatic nitrogens is 4. The van der Waals surface area contributed by atoms with E-state index in [1.54, 1.807) is 6.20 Å². The maximum atomic E-state index is 13.6. The van der Waals surface area contributed by atoms with E-state index in [1.807, 2.05) is 36.9 Å². The van der Waals surface area contributed by atoms with Gasteiger partial charge in [-0.05, 0) is 82.5 Å². The number of amides is 1. The average Bonchev–Trinajstić information content (AvgIpc) is 3.40. The number of nitrogens with one attached hydrogen (secondary N) is 2. The Morgan fingerprint density at radius 2 is 1.76 bits per heavy atom. The average molecular weight is 556 g/mol. The summed E-state index contributed by atoms with van der Waals surface area (Å²) in [7, 11) is 0. The number of pyridine rings is 2. The first-order chi connectivity index (χ1) is 19.7. The minimum Gasteiger partial charge on any atom is -0.354 e. The first-order valence-corrected chi connectivity index (χ1v) is 14.6. The molecular weight excluding hydrogens is 514 g/mol. The Hall–Kier alpha value is -3.98. The summed E-state index contributed by atoms with van der Waals surface area (Å²) in [5, 5.41) is 8.37. The minimum atomic E-state index is -0.241. The lowest BCUT2D eigenvalue weighted by molar-refractivity contribution is 0.0952. The van der Waals surface area contributed by atoms with Crippen molar-refractivity contribution in [3.8, 4) is 11.1 Å². The maximum absolute atomic E-state index is 13.6. The second-order valence-corrected chi connectivity index (χ2v) is 11.5. The topological polar surface area (TPSA) is 99.2 Å². The van der Waals surface area contributed by atoms with E-state index in [2.05, 4.69) is 71.1 Å². The fourth-order valence-electron chi connectivity index (χ4n) is 5.68. The monoisotopic (exact) mass is 555 g/mol. The number of piperazine rings is 1. The van der Waals surface area contributed by atoms with E-state index in [4.69, 9.17) is 4.98 Å². The second kappa shape index (κ2) is 11.9. The quantitative estimate of drug-likeness (QED) is 0.327. The standard InChI is InChI=1S/C32H41N7O2/c1-7-23-14-22(6)36-32(41)27(23)18-34-31(40)26-15-25(16-29-28(26)19-35-39(29)21(4)5)24-8-9-30(33-17-24)38-12-10-37(11-13-38)20(2)3/h8-9,14-17,19-21H,7,10-13,18H2,1-6H3,(H,34,40)(H,36,41). The van der Waals surface area contributed by atoms with Crippen LogP contribution in [0.15, 0.2) is 47.5 Å². The van der Waals surface area contributed by atoms with Gasteiger partial charge in [0.1, 0.15) is 5.82 Å². The summed E-state index contributed by atoms with van der Waals surface area (Å²) in [5.74, 6) is 0.730. The van der Waals surface area contributed by atoms with Gasteiger partial charge in [0.25, 0.3) is 11.5 Å². The normalized spacial score (nSPS) is 14.4. The summed E-state index contributed by atoms with van der Waals surface area (Å²) in [6, 6.07) is 10.8. The molecule has 0 bridgehead atoms. The van der Waals surface area contributed by atoms with Crippen LogP contribution in [0.2, 0.25) is 0 Å². The number of anilines is 1. The number of carbonyl (C=O) groups is 1. The highest BCUT2D eigenvalue weighted by Gasteiger charge is 2.21. The number of benzene rings is 1. The van der Waals surface area contributed by atoms with Crippen molar-refractivity contribution in [2.24, 2.45) is 0 Å². The number of rotatable bonds is 8. The number of nitrogens with zero attached hydrogens (tertiary/aromatic N) is 5. The van der Waals surface area contributed by atoms with Crippen LogP contribution in [-0.4, -0.2) is 62.8 Å². The van der Waals surface area contributed by atoms with Gasteiger partial charge in [0.15, 0.2) is 0 Å². The van der Waals surface area contributed by atoms with Crippen LogP contribution in [0.5, 0.6) is 0 Å². The van der Waals surface area contributed by atoms with Gasteiger partial charge < -0.3 is 15.2 Å². The number of aromatic amines is 1. The molecule has 0 radical (unpaired) electrons. The molecule has 216 valence electrons. The SMILES string of the molecule is CCc1cc(C)[nH]c(=O)c1CNC(=O)c1cc(-c2ccc(N3CCN(C(C)C)CC3)nc2)cc2c1cnn2C(C)C. The summed E-state index contributed by atoms with van der Waals surface area (Å²) in [6.07, 6.45) is 4.36. The molecule has 2 N–H and O–H groups in total. The van der Waals surface area contributed by atoms with E-state index in [1.165, 1.54) is 0 Å². The van der Waals surface area contributed by atoms with Crippen LogP contribution in [-0.2, 0) is 13.0 Å². The van der Waals surface area contributed by atoms with E-state index in [0.29, 0.717) is 23.6 Å². The molecule has 1 saturated heterocycles. The highest BCUT2D eigenvalue weighted by atomic mass is 16.1. The molecule has 1 aliphatic heterocycles. The van der Waals surface area contributed by atoms with E-state index in [0.717, 1.165) is 65.3 Å². The summed E-state index contributed by atoms with van der Waals surface area (Å²) >= 11 is 0. The molecule has 41 heavy (non-hydrogen) atoms. The van der Waals surface area contributed by atoms with Gasteiger partial charge >= 0.3 is 0 Å². The van der Waals surface area contributed by atoms with Crippen LogP contribution in [0.4, 0.5) is 5.82 Å². The third-order valence-corrected chi connectivity index (χ3v) is 8.07. The van der Waals surface area contributed by atoms with E-state index in [9.17, 15) is 9.59 Å². The third-order valence-electron chi connectivity index (χ3n) is 8.07. The molecule has 0 saturated carbocycles. The zero-order chi connectivity index (χ0) is 29.3. The molecule has 9 nitrogen and oxygen atoms in total. The van der Waals surface area contributed by atoms with Crippen LogP contribution in [0.1, 0.15) is 67.8 Å². The Labute approximate surface area is 241 Å². The Bertz CT molecular complexity index is 1590. The van der Waals surface area contributed by atoms with Crippen LogP contribution >= 0.6 is 0 Å². The highest BCUT2D eigenvalue weighted by molar-refractivity contribution is 6.08. The number of carbonyl (C=O) groups excluding carboxylic acids is 1. The zero-order valence-corrected chi connectivity index (χ0v) is 25.0. The molecule has 0 atom stereocenters. The molecule has 0 unspecified atom stereocenters. The number of hydrogen-bond acceptors (Lipinski definition) is 6. The van der Waals surface area contributed by atoms with Crippen molar-refractivity contribution in [3.05, 3.63) is 75.5 Å². The Balaban J connectivity index is 1.44. The third kappa shape index (κ3) is 5.91. The number of hydrogen-bond donors (Lipinski definition) is 2. The molecular formula is C32H41N7O2. The molecule has 1 amide bonds. The zero-order valence-electron chi connectivity index (χ0n) is 25.0. The van der Waals surface area contributed by atoms with Gasteiger partial charge in [-0.2, -0.15) is 5.10 Å². The molecule has 5 rings (SSSR count). The minimum absolute atomic E-state index is 0.127. The Morgan fingerprint density at radius 1 is 1.00 bits per heavy atom. The van der Waals surface area contributed by atoms with Gasteiger partial charge in [0.2, 0.25) is 0 Å². The van der Waals surface area contributed by atoms with E-state index < -0.39 is 0 Å². The summed E-state index contributed by atoms with van der Waals surface area (Å²) in [5.41, 5.74) is 5.43. The van der Waals surface area contributed by atoms with Gasteiger partial charge in [-0.15, -0.1) is 0 Å². The lowest BCUT2D eigenvalue weighted by Crippen LogP contribution is -2.49. The Morgan fingerprint density at radius 3 is 2.39 bits per heavy atom. The summed E-state index contributed by atoms with van der Waals surface area (Å²) in [4.78, 5) is 38.8. The van der Waals surface area contributed by atoms with Crippen molar-refractivity contribution in [2.45, 2.75) is 66.6 Å². The van der Waals surface area contributed by atoms with Gasteiger partial charge in [-0.3, -0.25) is 19.2 Å². The summed E-state index contributed by atoms with van der Waals surface area (Å²) in [6.45, 7) is 16.6. The van der Waals surface area contributed by atoms with Crippen LogP contribution in [0, 0.1) is 6.92 Å². The van der Waals surface area contributed by atoms with Crippen molar-refractivity contribution in [1.82, 2.24) is 30.0 Å². The molecule has 4 heterocycles. The largest absolute Gasteiger partial charge is 0.354 e.